The molecule has 106 valence electrons. The fourth-order valence-corrected chi connectivity index (χ4v) is 3.55. The molecule has 0 saturated carbocycles. The SMILES string of the molecule is NCc1ccccc1S(=O)(=O)NCc1cccc(Br)c1. The van der Waals surface area contributed by atoms with Gasteiger partial charge in [-0.1, -0.05) is 46.3 Å². The molecule has 0 radical (unpaired) electrons. The molecule has 2 aromatic carbocycles. The van der Waals surface area contributed by atoms with E-state index in [4.69, 9.17) is 5.73 Å². The van der Waals surface area contributed by atoms with Crippen molar-refractivity contribution in [3.63, 3.8) is 0 Å². The Morgan fingerprint density at radius 1 is 1.10 bits per heavy atom. The maximum absolute atomic E-state index is 12.3. The fraction of sp³-hybridized carbons (Fsp3) is 0.143. The zero-order chi connectivity index (χ0) is 14.6. The lowest BCUT2D eigenvalue weighted by Crippen LogP contribution is -2.24. The van der Waals surface area contributed by atoms with Gasteiger partial charge in [0.2, 0.25) is 10.0 Å². The Hall–Kier alpha value is -1.21. The first kappa shape index (κ1) is 15.2. The van der Waals surface area contributed by atoms with Crippen LogP contribution in [-0.4, -0.2) is 8.42 Å². The highest BCUT2D eigenvalue weighted by Gasteiger charge is 2.16. The Morgan fingerprint density at radius 3 is 2.55 bits per heavy atom. The van der Waals surface area contributed by atoms with Crippen LogP contribution in [0.5, 0.6) is 0 Å². The van der Waals surface area contributed by atoms with Crippen molar-refractivity contribution in [2.24, 2.45) is 5.73 Å². The molecule has 0 aliphatic rings. The Morgan fingerprint density at radius 2 is 1.85 bits per heavy atom. The summed E-state index contributed by atoms with van der Waals surface area (Å²) in [4.78, 5) is 0.234. The fourth-order valence-electron chi connectivity index (χ4n) is 1.84. The Labute approximate surface area is 127 Å². The quantitative estimate of drug-likeness (QED) is 0.865. The molecule has 0 atom stereocenters. The van der Waals surface area contributed by atoms with E-state index in [1.165, 1.54) is 0 Å². The van der Waals surface area contributed by atoms with Crippen molar-refractivity contribution in [3.8, 4) is 0 Å². The summed E-state index contributed by atoms with van der Waals surface area (Å²) in [5, 5.41) is 0. The molecule has 0 aliphatic heterocycles. The van der Waals surface area contributed by atoms with E-state index >= 15 is 0 Å². The van der Waals surface area contributed by atoms with Gasteiger partial charge < -0.3 is 5.73 Å². The standard InChI is InChI=1S/C14H15BrN2O2S/c15-13-6-3-4-11(8-13)10-17-20(18,19)14-7-2-1-5-12(14)9-16/h1-8,17H,9-10,16H2. The highest BCUT2D eigenvalue weighted by molar-refractivity contribution is 9.10. The van der Waals surface area contributed by atoms with E-state index in [1.807, 2.05) is 24.3 Å². The van der Waals surface area contributed by atoms with Gasteiger partial charge in [-0.2, -0.15) is 0 Å². The smallest absolute Gasteiger partial charge is 0.241 e. The number of halogens is 1. The van der Waals surface area contributed by atoms with E-state index in [0.717, 1.165) is 10.0 Å². The average molecular weight is 355 g/mol. The van der Waals surface area contributed by atoms with Gasteiger partial charge in [0.1, 0.15) is 0 Å². The lowest BCUT2D eigenvalue weighted by molar-refractivity contribution is 0.580. The molecule has 0 amide bonds. The van der Waals surface area contributed by atoms with Crippen LogP contribution in [0.1, 0.15) is 11.1 Å². The zero-order valence-corrected chi connectivity index (χ0v) is 13.1. The van der Waals surface area contributed by atoms with Crippen molar-refractivity contribution in [2.45, 2.75) is 18.0 Å². The van der Waals surface area contributed by atoms with Crippen LogP contribution < -0.4 is 10.5 Å². The van der Waals surface area contributed by atoms with E-state index in [0.29, 0.717) is 5.56 Å². The predicted molar refractivity (Wildman–Crippen MR) is 82.5 cm³/mol. The van der Waals surface area contributed by atoms with Crippen molar-refractivity contribution in [3.05, 3.63) is 64.1 Å². The van der Waals surface area contributed by atoms with E-state index < -0.39 is 10.0 Å². The number of nitrogens with two attached hydrogens (primary N) is 1. The molecule has 2 aromatic rings. The van der Waals surface area contributed by atoms with Gasteiger partial charge in [-0.25, -0.2) is 13.1 Å². The van der Waals surface area contributed by atoms with Gasteiger partial charge in [0.25, 0.3) is 0 Å². The minimum absolute atomic E-state index is 0.188. The molecular formula is C14H15BrN2O2S. The minimum Gasteiger partial charge on any atom is -0.326 e. The summed E-state index contributed by atoms with van der Waals surface area (Å²) in [5.74, 6) is 0. The van der Waals surface area contributed by atoms with Gasteiger partial charge in [-0.05, 0) is 29.3 Å². The third-order valence-electron chi connectivity index (χ3n) is 2.84. The normalized spacial score (nSPS) is 11.5. The van der Waals surface area contributed by atoms with Crippen LogP contribution in [0, 0.1) is 0 Å². The van der Waals surface area contributed by atoms with Gasteiger partial charge in [-0.15, -0.1) is 0 Å². The van der Waals surface area contributed by atoms with Crippen molar-refractivity contribution >= 4 is 26.0 Å². The van der Waals surface area contributed by atoms with Crippen LogP contribution in [0.15, 0.2) is 57.9 Å². The third-order valence-corrected chi connectivity index (χ3v) is 4.83. The second kappa shape index (κ2) is 6.49. The van der Waals surface area contributed by atoms with Gasteiger partial charge in [0.05, 0.1) is 4.90 Å². The number of hydrogen-bond donors (Lipinski definition) is 2. The lowest BCUT2D eigenvalue weighted by Gasteiger charge is -2.10. The van der Waals surface area contributed by atoms with Gasteiger partial charge >= 0.3 is 0 Å². The molecule has 0 aliphatic carbocycles. The molecule has 0 heterocycles. The van der Waals surface area contributed by atoms with Crippen molar-refractivity contribution in [2.75, 3.05) is 0 Å². The maximum atomic E-state index is 12.3. The Bertz CT molecular complexity index is 702. The topological polar surface area (TPSA) is 72.2 Å². The van der Waals surface area contributed by atoms with E-state index in [-0.39, 0.29) is 18.0 Å². The first-order valence-electron chi connectivity index (χ1n) is 6.05. The zero-order valence-electron chi connectivity index (χ0n) is 10.7. The number of sulfonamides is 1. The molecule has 4 nitrogen and oxygen atoms in total. The molecular weight excluding hydrogens is 340 g/mol. The summed E-state index contributed by atoms with van der Waals surface area (Å²) >= 11 is 3.36. The van der Waals surface area contributed by atoms with Crippen molar-refractivity contribution in [1.82, 2.24) is 4.72 Å². The molecule has 0 spiro atoms. The monoisotopic (exact) mass is 354 g/mol. The van der Waals surface area contributed by atoms with Crippen LogP contribution in [0.4, 0.5) is 0 Å². The largest absolute Gasteiger partial charge is 0.326 e. The maximum Gasteiger partial charge on any atom is 0.241 e. The molecule has 0 unspecified atom stereocenters. The summed E-state index contributed by atoms with van der Waals surface area (Å²) in [6.07, 6.45) is 0. The van der Waals surface area contributed by atoms with Gasteiger partial charge in [-0.3, -0.25) is 0 Å². The molecule has 0 bridgehead atoms. The molecule has 2 rings (SSSR count). The summed E-state index contributed by atoms with van der Waals surface area (Å²) in [5.41, 5.74) is 7.06. The summed E-state index contributed by atoms with van der Waals surface area (Å²) < 4.78 is 28.1. The molecule has 0 aromatic heterocycles. The Balaban J connectivity index is 2.19. The number of hydrogen-bond acceptors (Lipinski definition) is 3. The molecule has 3 N–H and O–H groups in total. The third kappa shape index (κ3) is 3.67. The summed E-state index contributed by atoms with van der Waals surface area (Å²) in [6.45, 7) is 0.425. The van der Waals surface area contributed by atoms with Crippen LogP contribution >= 0.6 is 15.9 Å². The minimum atomic E-state index is -3.56. The van der Waals surface area contributed by atoms with Gasteiger partial charge in [0.15, 0.2) is 0 Å². The lowest BCUT2D eigenvalue weighted by atomic mass is 10.2. The summed E-state index contributed by atoms with van der Waals surface area (Å²) in [7, 11) is -3.56. The molecule has 20 heavy (non-hydrogen) atoms. The van der Waals surface area contributed by atoms with Crippen LogP contribution in [0.3, 0.4) is 0 Å². The predicted octanol–water partition coefficient (Wildman–Crippen LogP) is 2.39. The van der Waals surface area contributed by atoms with E-state index in [9.17, 15) is 8.42 Å². The molecule has 0 fully saturated rings. The van der Waals surface area contributed by atoms with Crippen LogP contribution in [0.25, 0.3) is 0 Å². The second-order valence-electron chi connectivity index (χ2n) is 4.27. The number of rotatable bonds is 5. The first-order chi connectivity index (χ1) is 9.53. The molecule has 6 heteroatoms. The molecule has 0 saturated heterocycles. The van der Waals surface area contributed by atoms with E-state index in [1.54, 1.807) is 24.3 Å². The van der Waals surface area contributed by atoms with Crippen molar-refractivity contribution < 1.29 is 8.42 Å². The second-order valence-corrected chi connectivity index (χ2v) is 6.92. The summed E-state index contributed by atoms with van der Waals surface area (Å²) in [6, 6.07) is 14.2. The van der Waals surface area contributed by atoms with E-state index in [2.05, 4.69) is 20.7 Å². The number of nitrogens with one attached hydrogen (secondary N) is 1. The average Bonchev–Trinajstić information content (AvgIpc) is 2.45. The first-order valence-corrected chi connectivity index (χ1v) is 8.32. The van der Waals surface area contributed by atoms with Gasteiger partial charge in [0, 0.05) is 17.6 Å². The number of benzene rings is 2. The highest BCUT2D eigenvalue weighted by Crippen LogP contribution is 2.16. The van der Waals surface area contributed by atoms with Crippen LogP contribution in [0.2, 0.25) is 0 Å². The van der Waals surface area contributed by atoms with Crippen LogP contribution in [-0.2, 0) is 23.1 Å². The highest BCUT2D eigenvalue weighted by atomic mass is 79.9. The van der Waals surface area contributed by atoms with Crippen molar-refractivity contribution in [1.29, 1.82) is 0 Å². The Kier molecular flexibility index (Phi) is 4.93.